The summed E-state index contributed by atoms with van der Waals surface area (Å²) in [6.45, 7) is 7.99. The van der Waals surface area contributed by atoms with E-state index in [9.17, 15) is 9.59 Å². The highest BCUT2D eigenvalue weighted by Gasteiger charge is 2.42. The summed E-state index contributed by atoms with van der Waals surface area (Å²) in [7, 11) is 1.69. The van der Waals surface area contributed by atoms with Crippen LogP contribution >= 0.6 is 0 Å². The van der Waals surface area contributed by atoms with Gasteiger partial charge in [0.1, 0.15) is 0 Å². The highest BCUT2D eigenvalue weighted by Crippen LogP contribution is 2.39. The molecule has 4 rings (SSSR count). The van der Waals surface area contributed by atoms with Gasteiger partial charge in [-0.05, 0) is 47.9 Å². The van der Waals surface area contributed by atoms with E-state index in [1.165, 1.54) is 10.1 Å². The van der Waals surface area contributed by atoms with Crippen molar-refractivity contribution in [2.75, 3.05) is 19.7 Å². The van der Waals surface area contributed by atoms with Crippen LogP contribution in [0, 0.1) is 5.41 Å². The van der Waals surface area contributed by atoms with Crippen molar-refractivity contribution in [3.63, 3.8) is 0 Å². The van der Waals surface area contributed by atoms with Crippen LogP contribution in [0.3, 0.4) is 0 Å². The lowest BCUT2D eigenvalue weighted by molar-refractivity contribution is -0.105. The van der Waals surface area contributed by atoms with Crippen LogP contribution in [0.1, 0.15) is 50.8 Å². The van der Waals surface area contributed by atoms with Gasteiger partial charge >= 0.3 is 11.8 Å². The smallest absolute Gasteiger partial charge is 0.408 e. The number of oxazole rings is 1. The maximum absolute atomic E-state index is 13.3. The number of nitrogens with one attached hydrogen (secondary N) is 1. The molecule has 2 heterocycles. The van der Waals surface area contributed by atoms with Crippen molar-refractivity contribution in [3.05, 3.63) is 70.2 Å². The number of hydrogen-bond acceptors (Lipinski definition) is 4. The van der Waals surface area contributed by atoms with Crippen LogP contribution in [0.4, 0.5) is 4.79 Å². The molecule has 1 N–H and O–H groups in total. The first kappa shape index (κ1) is 24.1. The van der Waals surface area contributed by atoms with Gasteiger partial charge in [0.2, 0.25) is 0 Å². The number of aryl methyl sites for hydroxylation is 2. The molecule has 2 unspecified atom stereocenters. The van der Waals surface area contributed by atoms with Gasteiger partial charge in [-0.3, -0.25) is 4.57 Å². The average molecular weight is 466 g/mol. The molecule has 0 bridgehead atoms. The number of fused-ring (bicyclic) bond motifs is 1. The quantitative estimate of drug-likeness (QED) is 0.538. The lowest BCUT2D eigenvalue weighted by Crippen LogP contribution is -2.55. The van der Waals surface area contributed by atoms with Gasteiger partial charge in [-0.1, -0.05) is 57.2 Å². The van der Waals surface area contributed by atoms with Crippen LogP contribution in [-0.4, -0.2) is 41.3 Å². The normalized spacial score (nSPS) is 18.9. The van der Waals surface area contributed by atoms with Crippen LogP contribution < -0.4 is 11.1 Å². The van der Waals surface area contributed by atoms with Crippen LogP contribution in [-0.2, 0) is 18.2 Å². The van der Waals surface area contributed by atoms with Crippen molar-refractivity contribution >= 4 is 17.1 Å². The molecular weight excluding hydrogens is 430 g/mol. The molecule has 2 amide bonds. The number of ether oxygens (including phenoxy) is 1. The molecule has 0 radical (unpaired) electrons. The molecule has 2 aromatic carbocycles. The van der Waals surface area contributed by atoms with Gasteiger partial charge < -0.3 is 19.4 Å². The van der Waals surface area contributed by atoms with E-state index >= 15 is 0 Å². The lowest BCUT2D eigenvalue weighted by atomic mass is 9.80. The summed E-state index contributed by atoms with van der Waals surface area (Å²) in [4.78, 5) is 27.1. The van der Waals surface area contributed by atoms with Crippen molar-refractivity contribution in [2.45, 2.75) is 52.2 Å². The second-order valence-electron chi connectivity index (χ2n) is 10.1. The predicted octanol–water partition coefficient (Wildman–Crippen LogP) is 4.65. The summed E-state index contributed by atoms with van der Waals surface area (Å²) in [5, 5.41) is 3.11. The van der Waals surface area contributed by atoms with Crippen molar-refractivity contribution in [1.29, 1.82) is 0 Å². The molecule has 182 valence electrons. The highest BCUT2D eigenvalue weighted by molar-refractivity contribution is 5.76. The zero-order valence-electron chi connectivity index (χ0n) is 20.5. The van der Waals surface area contributed by atoms with E-state index in [4.69, 9.17) is 9.15 Å². The van der Waals surface area contributed by atoms with Gasteiger partial charge in [0.05, 0.1) is 24.3 Å². The topological polar surface area (TPSA) is 76.7 Å². The fraction of sp³-hybridized carbons (Fsp3) is 0.481. The Bertz CT molecular complexity index is 1180. The number of urea groups is 1. The highest BCUT2D eigenvalue weighted by atomic mass is 16.5. The molecule has 34 heavy (non-hydrogen) atoms. The summed E-state index contributed by atoms with van der Waals surface area (Å²) in [5.74, 6) is -0.399. The van der Waals surface area contributed by atoms with Gasteiger partial charge in [0, 0.05) is 20.1 Å². The molecule has 1 fully saturated rings. The van der Waals surface area contributed by atoms with Crippen molar-refractivity contribution < 1.29 is 13.9 Å². The van der Waals surface area contributed by atoms with Crippen molar-refractivity contribution in [3.8, 4) is 0 Å². The zero-order chi connectivity index (χ0) is 24.3. The first-order valence-electron chi connectivity index (χ1n) is 12.0. The molecular formula is C27H35N3O4. The Morgan fingerprint density at radius 3 is 2.62 bits per heavy atom. The summed E-state index contributed by atoms with van der Waals surface area (Å²) in [6.07, 6.45) is 2.74. The number of carbonyl (C=O) groups is 1. The Morgan fingerprint density at radius 2 is 1.88 bits per heavy atom. The number of carbonyl (C=O) groups excluding carboxylic acids is 1. The zero-order valence-corrected chi connectivity index (χ0v) is 20.5. The van der Waals surface area contributed by atoms with E-state index < -0.39 is 5.76 Å². The van der Waals surface area contributed by atoms with E-state index in [1.807, 2.05) is 29.2 Å². The number of benzene rings is 2. The lowest BCUT2D eigenvalue weighted by Gasteiger charge is -2.46. The summed E-state index contributed by atoms with van der Waals surface area (Å²) >= 11 is 0. The third kappa shape index (κ3) is 5.20. The van der Waals surface area contributed by atoms with Crippen LogP contribution in [0.2, 0.25) is 0 Å². The number of nitrogens with zero attached hydrogens (tertiary/aromatic N) is 2. The van der Waals surface area contributed by atoms with E-state index in [2.05, 4.69) is 50.4 Å². The molecule has 1 aliphatic rings. The van der Waals surface area contributed by atoms with Crippen LogP contribution in [0.25, 0.3) is 11.1 Å². The predicted molar refractivity (Wildman–Crippen MR) is 133 cm³/mol. The Balaban J connectivity index is 1.49. The molecule has 7 heteroatoms. The number of unbranched alkanes of at least 4 members (excludes halogenated alkanes) is 1. The molecule has 1 aromatic heterocycles. The maximum atomic E-state index is 13.3. The molecule has 3 aromatic rings. The molecule has 0 saturated carbocycles. The van der Waals surface area contributed by atoms with E-state index in [1.54, 1.807) is 7.05 Å². The van der Waals surface area contributed by atoms with Gasteiger partial charge in [0.15, 0.2) is 5.58 Å². The molecule has 0 spiro atoms. The third-order valence-corrected chi connectivity index (χ3v) is 6.54. The second kappa shape index (κ2) is 10.1. The second-order valence-corrected chi connectivity index (χ2v) is 10.1. The fourth-order valence-corrected chi connectivity index (χ4v) is 4.71. The van der Waals surface area contributed by atoms with Crippen molar-refractivity contribution in [2.24, 2.45) is 12.5 Å². The van der Waals surface area contributed by atoms with E-state index in [-0.39, 0.29) is 23.6 Å². The first-order chi connectivity index (χ1) is 16.3. The Hall–Kier alpha value is -3.06. The van der Waals surface area contributed by atoms with Gasteiger partial charge in [-0.25, -0.2) is 9.59 Å². The molecule has 2 atom stereocenters. The summed E-state index contributed by atoms with van der Waals surface area (Å²) in [5.41, 5.74) is 3.28. The molecule has 1 aliphatic heterocycles. The van der Waals surface area contributed by atoms with Gasteiger partial charge in [-0.15, -0.1) is 0 Å². The monoisotopic (exact) mass is 465 g/mol. The molecule has 7 nitrogen and oxygen atoms in total. The van der Waals surface area contributed by atoms with Crippen LogP contribution in [0.15, 0.2) is 57.7 Å². The Kier molecular flexibility index (Phi) is 7.12. The van der Waals surface area contributed by atoms with E-state index in [0.717, 1.165) is 30.3 Å². The van der Waals surface area contributed by atoms with E-state index in [0.29, 0.717) is 25.3 Å². The number of hydrogen-bond donors (Lipinski definition) is 1. The maximum Gasteiger partial charge on any atom is 0.419 e. The largest absolute Gasteiger partial charge is 0.419 e. The minimum Gasteiger partial charge on any atom is -0.408 e. The molecule has 1 saturated heterocycles. The summed E-state index contributed by atoms with van der Waals surface area (Å²) in [6, 6.07) is 15.7. The number of aromatic nitrogens is 1. The minimum absolute atomic E-state index is 0.0862. The Morgan fingerprint density at radius 1 is 1.12 bits per heavy atom. The first-order valence-corrected chi connectivity index (χ1v) is 12.0. The SMILES string of the molecule is Cn1c(=O)oc2cc(C3C(C(C)(C)C)OCCN3C(=O)NCCCCc3ccccc3)ccc21. The number of amides is 2. The average Bonchev–Trinajstić information content (AvgIpc) is 3.11. The van der Waals surface area contributed by atoms with Crippen molar-refractivity contribution in [1.82, 2.24) is 14.8 Å². The fourth-order valence-electron chi connectivity index (χ4n) is 4.71. The summed E-state index contributed by atoms with van der Waals surface area (Å²) < 4.78 is 13.1. The van der Waals surface area contributed by atoms with Gasteiger partial charge in [-0.2, -0.15) is 0 Å². The van der Waals surface area contributed by atoms with Gasteiger partial charge in [0.25, 0.3) is 0 Å². The standard InChI is InChI=1S/C27H35N3O4/c1-27(2,3)24-23(20-13-14-21-22(18-20)34-26(32)29(21)4)30(16-17-33-24)25(31)28-15-9-8-12-19-10-6-5-7-11-19/h5-7,10-11,13-14,18,23-24H,8-9,12,15-17H2,1-4H3,(H,28,31). The Labute approximate surface area is 200 Å². The third-order valence-electron chi connectivity index (χ3n) is 6.54. The molecule has 0 aliphatic carbocycles. The van der Waals surface area contributed by atoms with Crippen LogP contribution in [0.5, 0.6) is 0 Å². The number of rotatable bonds is 6. The minimum atomic E-state index is -0.399. The number of morpholine rings is 1.